The third-order valence-corrected chi connectivity index (χ3v) is 6.33. The average Bonchev–Trinajstić information content (AvgIpc) is 2.97. The molecule has 1 N–H and O–H groups in total. The van der Waals surface area contributed by atoms with Gasteiger partial charge in [0.25, 0.3) is 0 Å². The Balaban J connectivity index is 1.71. The number of halogens is 4. The van der Waals surface area contributed by atoms with Crippen LogP contribution in [0.5, 0.6) is 0 Å². The van der Waals surface area contributed by atoms with Crippen LogP contribution in [0.4, 0.5) is 18.9 Å². The molecule has 0 spiro atoms. The molecule has 0 radical (unpaired) electrons. The number of fused-ring (bicyclic) bond motifs is 3. The maximum Gasteiger partial charge on any atom is 0.425 e. The van der Waals surface area contributed by atoms with Crippen molar-refractivity contribution in [3.63, 3.8) is 0 Å². The highest BCUT2D eigenvalue weighted by atomic mass is 35.5. The van der Waals surface area contributed by atoms with E-state index in [1.54, 1.807) is 23.1 Å². The summed E-state index contributed by atoms with van der Waals surface area (Å²) in [6.45, 7) is 7.44. The van der Waals surface area contributed by atoms with Gasteiger partial charge in [-0.05, 0) is 17.7 Å². The molecule has 1 fully saturated rings. The Morgan fingerprint density at radius 1 is 1.03 bits per heavy atom. The number of aliphatic hydroxyl groups is 1. The molecule has 2 aromatic rings. The van der Waals surface area contributed by atoms with Crippen LogP contribution in [0.15, 0.2) is 36.4 Å². The van der Waals surface area contributed by atoms with Crippen molar-refractivity contribution in [3.8, 4) is 11.1 Å². The molecular weight excluding hydrogens is 429 g/mol. The monoisotopic (exact) mass is 452 g/mol. The fourth-order valence-corrected chi connectivity index (χ4v) is 4.76. The SMILES string of the molecule is CC(C)(C)C(=O)N1CCN(c2cc(Cl)c3c(c2)C(O)(C(F)(F)F)c2ccccc2-3)CC1. The molecule has 2 aromatic carbocycles. The Hall–Kier alpha value is -2.25. The standard InChI is InChI=1S/C23H24ClF3N2O2/c1-21(2,3)20(30)29-10-8-28(9-11-29)14-12-17-19(18(24)13-14)15-6-4-5-7-16(15)22(17,31)23(25,26)27/h4-7,12-13,31H,8-11H2,1-3H3. The van der Waals surface area contributed by atoms with Crippen LogP contribution in [0.25, 0.3) is 11.1 Å². The highest BCUT2D eigenvalue weighted by molar-refractivity contribution is 6.34. The van der Waals surface area contributed by atoms with Crippen LogP contribution >= 0.6 is 11.6 Å². The van der Waals surface area contributed by atoms with Crippen molar-refractivity contribution in [2.24, 2.45) is 5.41 Å². The average molecular weight is 453 g/mol. The highest BCUT2D eigenvalue weighted by Gasteiger charge is 2.61. The first-order valence-corrected chi connectivity index (χ1v) is 10.5. The van der Waals surface area contributed by atoms with Gasteiger partial charge in [0.1, 0.15) is 0 Å². The summed E-state index contributed by atoms with van der Waals surface area (Å²) < 4.78 is 42.3. The zero-order valence-corrected chi connectivity index (χ0v) is 18.3. The zero-order valence-electron chi connectivity index (χ0n) is 17.6. The van der Waals surface area contributed by atoms with Gasteiger partial charge in [-0.2, -0.15) is 13.2 Å². The molecule has 4 nitrogen and oxygen atoms in total. The van der Waals surface area contributed by atoms with E-state index >= 15 is 0 Å². The fraction of sp³-hybridized carbons (Fsp3) is 0.435. The van der Waals surface area contributed by atoms with Gasteiger partial charge in [-0.3, -0.25) is 4.79 Å². The van der Waals surface area contributed by atoms with Crippen molar-refractivity contribution >= 4 is 23.2 Å². The lowest BCUT2D eigenvalue weighted by molar-refractivity contribution is -0.246. The summed E-state index contributed by atoms with van der Waals surface area (Å²) in [5.41, 5.74) is -3.08. The number of nitrogens with zero attached hydrogens (tertiary/aromatic N) is 2. The van der Waals surface area contributed by atoms with Crippen LogP contribution in [-0.4, -0.2) is 48.3 Å². The van der Waals surface area contributed by atoms with Gasteiger partial charge in [0.15, 0.2) is 0 Å². The smallest absolute Gasteiger partial charge is 0.372 e. The van der Waals surface area contributed by atoms with Crippen molar-refractivity contribution in [1.29, 1.82) is 0 Å². The van der Waals surface area contributed by atoms with Gasteiger partial charge in [-0.1, -0.05) is 56.6 Å². The van der Waals surface area contributed by atoms with Crippen LogP contribution in [0, 0.1) is 5.41 Å². The van der Waals surface area contributed by atoms with Crippen molar-refractivity contribution in [1.82, 2.24) is 4.90 Å². The molecule has 0 saturated carbocycles. The van der Waals surface area contributed by atoms with E-state index in [0.717, 1.165) is 0 Å². The van der Waals surface area contributed by atoms with Gasteiger partial charge in [0, 0.05) is 54.0 Å². The Kier molecular flexibility index (Phi) is 5.06. The van der Waals surface area contributed by atoms with E-state index in [9.17, 15) is 23.1 Å². The molecule has 1 heterocycles. The van der Waals surface area contributed by atoms with Crippen LogP contribution < -0.4 is 4.90 Å². The number of amides is 1. The summed E-state index contributed by atoms with van der Waals surface area (Å²) >= 11 is 6.47. The van der Waals surface area contributed by atoms with Crippen LogP contribution in [0.2, 0.25) is 5.02 Å². The molecule has 1 saturated heterocycles. The zero-order chi connectivity index (χ0) is 22.8. The summed E-state index contributed by atoms with van der Waals surface area (Å²) in [5, 5.41) is 11.1. The Morgan fingerprint density at radius 2 is 1.65 bits per heavy atom. The first-order chi connectivity index (χ1) is 14.4. The predicted molar refractivity (Wildman–Crippen MR) is 114 cm³/mol. The number of alkyl halides is 3. The summed E-state index contributed by atoms with van der Waals surface area (Å²) in [6, 6.07) is 8.95. The molecule has 1 aliphatic carbocycles. The lowest BCUT2D eigenvalue weighted by Crippen LogP contribution is -2.51. The van der Waals surface area contributed by atoms with E-state index in [-0.39, 0.29) is 33.2 Å². The molecule has 0 bridgehead atoms. The molecule has 1 unspecified atom stereocenters. The molecule has 166 valence electrons. The maximum absolute atomic E-state index is 14.1. The normalized spacial score (nSPS) is 21.2. The number of anilines is 1. The predicted octanol–water partition coefficient (Wildman–Crippen LogP) is 4.81. The van der Waals surface area contributed by atoms with Crippen molar-refractivity contribution in [2.45, 2.75) is 32.5 Å². The third kappa shape index (κ3) is 3.38. The molecule has 31 heavy (non-hydrogen) atoms. The van der Waals surface area contributed by atoms with Gasteiger partial charge in [-0.15, -0.1) is 0 Å². The summed E-state index contributed by atoms with van der Waals surface area (Å²) in [6.07, 6.45) is -4.91. The summed E-state index contributed by atoms with van der Waals surface area (Å²) in [7, 11) is 0. The molecule has 1 aliphatic heterocycles. The quantitative estimate of drug-likeness (QED) is 0.675. The minimum atomic E-state index is -4.91. The van der Waals surface area contributed by atoms with Crippen LogP contribution in [-0.2, 0) is 10.4 Å². The molecule has 8 heteroatoms. The highest BCUT2D eigenvalue weighted by Crippen LogP contribution is 2.57. The number of hydrogen-bond acceptors (Lipinski definition) is 3. The molecular formula is C23H24ClF3N2O2. The number of rotatable bonds is 1. The van der Waals surface area contributed by atoms with Gasteiger partial charge in [-0.25, -0.2) is 0 Å². The first kappa shape index (κ1) is 22.0. The molecule has 4 rings (SSSR count). The Morgan fingerprint density at radius 3 is 2.23 bits per heavy atom. The van der Waals surface area contributed by atoms with E-state index in [1.165, 1.54) is 18.2 Å². The topological polar surface area (TPSA) is 43.8 Å². The lowest BCUT2D eigenvalue weighted by Gasteiger charge is -2.39. The molecule has 2 aliphatic rings. The molecule has 1 atom stereocenters. The van der Waals surface area contributed by atoms with Gasteiger partial charge in [0.05, 0.1) is 5.02 Å². The summed E-state index contributed by atoms with van der Waals surface area (Å²) in [4.78, 5) is 16.2. The Bertz CT molecular complexity index is 1040. The van der Waals surface area contributed by atoms with E-state index in [1.807, 2.05) is 25.7 Å². The van der Waals surface area contributed by atoms with Gasteiger partial charge < -0.3 is 14.9 Å². The van der Waals surface area contributed by atoms with Gasteiger partial charge >= 0.3 is 6.18 Å². The minimum Gasteiger partial charge on any atom is -0.372 e. The van der Waals surface area contributed by atoms with Crippen molar-refractivity contribution < 1.29 is 23.1 Å². The fourth-order valence-electron chi connectivity index (χ4n) is 4.44. The second-order valence-electron chi connectivity index (χ2n) is 9.13. The van der Waals surface area contributed by atoms with E-state index in [4.69, 9.17) is 11.6 Å². The Labute approximate surface area is 184 Å². The van der Waals surface area contributed by atoms with Crippen LogP contribution in [0.1, 0.15) is 31.9 Å². The third-order valence-electron chi connectivity index (χ3n) is 6.03. The second kappa shape index (κ2) is 7.14. The largest absolute Gasteiger partial charge is 0.425 e. The molecule has 0 aromatic heterocycles. The number of hydrogen-bond donors (Lipinski definition) is 1. The van der Waals surface area contributed by atoms with Gasteiger partial charge in [0.2, 0.25) is 11.5 Å². The minimum absolute atomic E-state index is 0.0426. The summed E-state index contributed by atoms with van der Waals surface area (Å²) in [5.74, 6) is 0.0426. The second-order valence-corrected chi connectivity index (χ2v) is 9.54. The van der Waals surface area contributed by atoms with Crippen molar-refractivity contribution in [2.75, 3.05) is 31.1 Å². The van der Waals surface area contributed by atoms with E-state index in [0.29, 0.717) is 31.9 Å². The van der Waals surface area contributed by atoms with E-state index < -0.39 is 17.2 Å². The number of carbonyl (C=O) groups excluding carboxylic acids is 1. The molecule has 1 amide bonds. The lowest BCUT2D eigenvalue weighted by atomic mass is 9.90. The maximum atomic E-state index is 14.1. The van der Waals surface area contributed by atoms with E-state index in [2.05, 4.69) is 0 Å². The van der Waals surface area contributed by atoms with Crippen LogP contribution in [0.3, 0.4) is 0 Å². The number of benzene rings is 2. The first-order valence-electron chi connectivity index (χ1n) is 10.1. The number of piperazine rings is 1. The number of carbonyl (C=O) groups is 1. The van der Waals surface area contributed by atoms with Crippen molar-refractivity contribution in [3.05, 3.63) is 52.5 Å².